The number of nitrogens with one attached hydrogen (secondary N) is 3. The van der Waals surface area contributed by atoms with Gasteiger partial charge < -0.3 is 19.9 Å². The number of hydrogen-bond acceptors (Lipinski definition) is 6. The van der Waals surface area contributed by atoms with Crippen molar-refractivity contribution < 1.29 is 14.3 Å². The number of rotatable bonds is 7. The molecule has 1 aliphatic rings. The molecule has 11 heteroatoms. The van der Waals surface area contributed by atoms with Gasteiger partial charge in [0.05, 0.1) is 17.1 Å². The summed E-state index contributed by atoms with van der Waals surface area (Å²) >= 11 is 0. The van der Waals surface area contributed by atoms with Gasteiger partial charge in [0.25, 0.3) is 0 Å². The summed E-state index contributed by atoms with van der Waals surface area (Å²) in [5.41, 5.74) is 4.17. The number of amides is 4. The van der Waals surface area contributed by atoms with Crippen molar-refractivity contribution in [2.75, 3.05) is 49.2 Å². The van der Waals surface area contributed by atoms with Gasteiger partial charge in [-0.05, 0) is 55.9 Å². The van der Waals surface area contributed by atoms with Gasteiger partial charge in [0.15, 0.2) is 0 Å². The Morgan fingerprint density at radius 3 is 2.31 bits per heavy atom. The van der Waals surface area contributed by atoms with E-state index in [1.807, 2.05) is 85.8 Å². The number of anilines is 3. The fourth-order valence-electron chi connectivity index (χ4n) is 5.49. The Labute approximate surface area is 280 Å². The van der Waals surface area contributed by atoms with Crippen LogP contribution < -0.4 is 20.7 Å². The fourth-order valence-corrected chi connectivity index (χ4v) is 5.49. The van der Waals surface area contributed by atoms with Crippen molar-refractivity contribution in [3.8, 4) is 11.4 Å². The third kappa shape index (κ3) is 7.58. The van der Waals surface area contributed by atoms with Crippen LogP contribution in [0.5, 0.6) is 5.75 Å². The number of likely N-dealkylation sites (N-methyl/N-ethyl adjacent to an activating group) is 1. The lowest BCUT2D eigenvalue weighted by atomic mass is 9.92. The summed E-state index contributed by atoms with van der Waals surface area (Å²) in [6.07, 6.45) is 1.66. The number of ether oxygens (including phenoxy) is 1. The zero-order valence-corrected chi connectivity index (χ0v) is 28.1. The first kappa shape index (κ1) is 32.5. The molecule has 1 saturated heterocycles. The number of pyridine rings is 1. The summed E-state index contributed by atoms with van der Waals surface area (Å²) in [5, 5.41) is 15.5. The van der Waals surface area contributed by atoms with Gasteiger partial charge in [0, 0.05) is 54.6 Å². The van der Waals surface area contributed by atoms with Gasteiger partial charge in [-0.2, -0.15) is 5.10 Å². The van der Waals surface area contributed by atoms with Crippen LogP contribution in [-0.2, 0) is 12.0 Å². The molecule has 3 aromatic carbocycles. The molecule has 3 N–H and O–H groups in total. The minimum Gasteiger partial charge on any atom is -0.488 e. The Bertz CT molecular complexity index is 1920. The number of piperazine rings is 1. The highest BCUT2D eigenvalue weighted by atomic mass is 16.5. The van der Waals surface area contributed by atoms with Crippen LogP contribution in [0.1, 0.15) is 37.6 Å². The van der Waals surface area contributed by atoms with Crippen molar-refractivity contribution in [1.29, 1.82) is 0 Å². The number of carbonyl (C=O) groups excluding carboxylic acids is 2. The highest BCUT2D eigenvalue weighted by Crippen LogP contribution is 2.33. The molecule has 6 rings (SSSR count). The summed E-state index contributed by atoms with van der Waals surface area (Å²) in [5.74, 6) is 1.72. The quantitative estimate of drug-likeness (QED) is 0.175. The van der Waals surface area contributed by atoms with E-state index in [2.05, 4.69) is 53.7 Å². The van der Waals surface area contributed by atoms with E-state index in [0.717, 1.165) is 46.4 Å². The third-order valence-corrected chi connectivity index (χ3v) is 8.37. The van der Waals surface area contributed by atoms with Crippen LogP contribution in [0.2, 0.25) is 0 Å². The van der Waals surface area contributed by atoms with Crippen LogP contribution >= 0.6 is 0 Å². The minimum absolute atomic E-state index is 0.152. The molecule has 4 amide bonds. The van der Waals surface area contributed by atoms with Gasteiger partial charge in [0.2, 0.25) is 0 Å². The smallest absolute Gasteiger partial charge is 0.324 e. The van der Waals surface area contributed by atoms with E-state index in [0.29, 0.717) is 36.2 Å². The van der Waals surface area contributed by atoms with Crippen LogP contribution in [0.4, 0.5) is 26.9 Å². The fraction of sp³-hybridized carbons (Fsp3) is 0.297. The maximum Gasteiger partial charge on any atom is 0.324 e. The van der Waals surface area contributed by atoms with E-state index in [1.165, 1.54) is 0 Å². The molecular weight excluding hydrogens is 604 g/mol. The van der Waals surface area contributed by atoms with E-state index in [1.54, 1.807) is 15.8 Å². The van der Waals surface area contributed by atoms with Crippen LogP contribution in [0, 0.1) is 6.92 Å². The highest BCUT2D eigenvalue weighted by molar-refractivity contribution is 6.07. The SMILES string of the molecule is Cc1ccc(-n2nc(C(C)(C)C)cc2NC(=O)Nc2ccc(OCc3ccnc(NC(=O)N4CCN(C)CC4)c3)c3ccccc23)cc1. The lowest BCUT2D eigenvalue weighted by Gasteiger charge is -2.32. The molecule has 0 radical (unpaired) electrons. The number of benzene rings is 3. The topological polar surface area (TPSA) is 117 Å². The summed E-state index contributed by atoms with van der Waals surface area (Å²) in [4.78, 5) is 34.5. The molecule has 1 fully saturated rings. The van der Waals surface area contributed by atoms with Crippen LogP contribution in [0.25, 0.3) is 16.5 Å². The number of hydrogen-bond donors (Lipinski definition) is 3. The zero-order valence-electron chi connectivity index (χ0n) is 28.1. The number of nitrogens with zero attached hydrogens (tertiary/aromatic N) is 5. The van der Waals surface area contributed by atoms with Crippen molar-refractivity contribution in [3.63, 3.8) is 0 Å². The highest BCUT2D eigenvalue weighted by Gasteiger charge is 2.22. The van der Waals surface area contributed by atoms with Gasteiger partial charge in [-0.3, -0.25) is 10.6 Å². The summed E-state index contributed by atoms with van der Waals surface area (Å²) in [6, 6.07) is 24.5. The third-order valence-electron chi connectivity index (χ3n) is 8.37. The van der Waals surface area contributed by atoms with Gasteiger partial charge >= 0.3 is 12.1 Å². The first-order chi connectivity index (χ1) is 23.0. The zero-order chi connectivity index (χ0) is 33.8. The van der Waals surface area contributed by atoms with Crippen molar-refractivity contribution >= 4 is 40.2 Å². The molecule has 5 aromatic rings. The molecule has 248 valence electrons. The molecule has 1 aliphatic heterocycles. The molecule has 11 nitrogen and oxygen atoms in total. The maximum absolute atomic E-state index is 13.4. The molecule has 0 spiro atoms. The van der Waals surface area contributed by atoms with E-state index in [4.69, 9.17) is 9.84 Å². The number of carbonyl (C=O) groups is 2. The second kappa shape index (κ2) is 13.7. The predicted octanol–water partition coefficient (Wildman–Crippen LogP) is 7.03. The lowest BCUT2D eigenvalue weighted by Crippen LogP contribution is -2.48. The molecule has 2 aromatic heterocycles. The first-order valence-corrected chi connectivity index (χ1v) is 16.1. The Morgan fingerprint density at radius 2 is 1.58 bits per heavy atom. The second-order valence-electron chi connectivity index (χ2n) is 13.2. The van der Waals surface area contributed by atoms with Crippen molar-refractivity contribution in [2.45, 2.75) is 39.7 Å². The van der Waals surface area contributed by atoms with Crippen molar-refractivity contribution in [1.82, 2.24) is 24.6 Å². The van der Waals surface area contributed by atoms with Crippen LogP contribution in [0.3, 0.4) is 0 Å². The number of urea groups is 2. The molecular formula is C37H42N8O3. The number of aromatic nitrogens is 3. The molecule has 0 saturated carbocycles. The van der Waals surface area contributed by atoms with E-state index >= 15 is 0 Å². The van der Waals surface area contributed by atoms with E-state index in [-0.39, 0.29) is 24.1 Å². The van der Waals surface area contributed by atoms with Gasteiger partial charge in [-0.25, -0.2) is 19.3 Å². The largest absolute Gasteiger partial charge is 0.488 e. The molecule has 0 bridgehead atoms. The molecule has 48 heavy (non-hydrogen) atoms. The normalized spacial score (nSPS) is 13.7. The molecule has 0 aliphatic carbocycles. The number of fused-ring (bicyclic) bond motifs is 1. The van der Waals surface area contributed by atoms with Crippen LogP contribution in [-0.4, -0.2) is 69.9 Å². The van der Waals surface area contributed by atoms with Crippen molar-refractivity contribution in [3.05, 3.63) is 102 Å². The Balaban J connectivity index is 1.15. The molecule has 0 unspecified atom stereocenters. The molecule has 0 atom stereocenters. The predicted molar refractivity (Wildman–Crippen MR) is 190 cm³/mol. The first-order valence-electron chi connectivity index (χ1n) is 16.1. The summed E-state index contributed by atoms with van der Waals surface area (Å²) in [7, 11) is 2.05. The Morgan fingerprint density at radius 1 is 0.854 bits per heavy atom. The number of aryl methyl sites for hydroxylation is 1. The van der Waals surface area contributed by atoms with E-state index in [9.17, 15) is 9.59 Å². The van der Waals surface area contributed by atoms with Crippen LogP contribution in [0.15, 0.2) is 85.1 Å². The average molecular weight is 647 g/mol. The summed E-state index contributed by atoms with van der Waals surface area (Å²) < 4.78 is 8.02. The monoisotopic (exact) mass is 646 g/mol. The van der Waals surface area contributed by atoms with Gasteiger partial charge in [-0.1, -0.05) is 62.7 Å². The van der Waals surface area contributed by atoms with E-state index < -0.39 is 0 Å². The van der Waals surface area contributed by atoms with Gasteiger partial charge in [-0.15, -0.1) is 0 Å². The van der Waals surface area contributed by atoms with Gasteiger partial charge in [0.1, 0.15) is 24.0 Å². The lowest BCUT2D eigenvalue weighted by molar-refractivity contribution is 0.164. The average Bonchev–Trinajstić information content (AvgIpc) is 3.49. The molecule has 3 heterocycles. The minimum atomic E-state index is -0.384. The standard InChI is InChI=1S/C37H42N8O3/c1-25-10-12-27(13-11-25)45-34(23-32(42-45)37(2,3)4)41-35(46)39-30-14-15-31(29-9-7-6-8-28(29)30)48-24-26-16-17-38-33(22-26)40-36(47)44-20-18-43(5)19-21-44/h6-17,22-23H,18-21,24H2,1-5H3,(H,38,40,47)(H2,39,41,46). The summed E-state index contributed by atoms with van der Waals surface area (Å²) in [6.45, 7) is 11.6. The second-order valence-corrected chi connectivity index (χ2v) is 13.2. The Kier molecular flexibility index (Phi) is 9.31. The maximum atomic E-state index is 13.4. The Hall–Kier alpha value is -5.42. The van der Waals surface area contributed by atoms with Crippen molar-refractivity contribution in [2.24, 2.45) is 0 Å².